The van der Waals surface area contributed by atoms with E-state index in [1.54, 1.807) is 11.8 Å². The summed E-state index contributed by atoms with van der Waals surface area (Å²) in [6, 6.07) is 4.48. The maximum Gasteiger partial charge on any atom is 0.214 e. The molecule has 112 valence electrons. The average Bonchev–Trinajstić information content (AvgIpc) is 3.18. The molecule has 0 saturated heterocycles. The molecule has 1 aliphatic carbocycles. The number of pyridine rings is 1. The molecule has 1 fully saturated rings. The van der Waals surface area contributed by atoms with Crippen LogP contribution in [0.5, 0.6) is 0 Å². The Balaban J connectivity index is 1.73. The largest absolute Gasteiger partial charge is 0.323 e. The van der Waals surface area contributed by atoms with Crippen molar-refractivity contribution in [1.29, 1.82) is 0 Å². The van der Waals surface area contributed by atoms with E-state index >= 15 is 0 Å². The molecule has 0 aromatic carbocycles. The Morgan fingerprint density at radius 3 is 2.86 bits per heavy atom. The van der Waals surface area contributed by atoms with Crippen molar-refractivity contribution in [3.05, 3.63) is 24.0 Å². The monoisotopic (exact) mass is 304 g/mol. The Kier molecular flexibility index (Phi) is 4.50. The molecule has 2 heterocycles. The fourth-order valence-corrected chi connectivity index (χ4v) is 3.43. The van der Waals surface area contributed by atoms with E-state index in [2.05, 4.69) is 27.4 Å². The first-order valence-electron chi connectivity index (χ1n) is 7.45. The van der Waals surface area contributed by atoms with Gasteiger partial charge in [0.2, 0.25) is 5.16 Å². The normalized spacial score (nSPS) is 17.2. The van der Waals surface area contributed by atoms with Crippen LogP contribution in [0.3, 0.4) is 0 Å². The molecule has 0 spiro atoms. The highest BCUT2D eigenvalue weighted by atomic mass is 32.2. The van der Waals surface area contributed by atoms with E-state index in [1.165, 1.54) is 25.7 Å². The molecule has 3 rings (SSSR count). The molecular weight excluding hydrogens is 284 g/mol. The molecule has 1 saturated carbocycles. The standard InChI is InChI=1S/C14H20N6S/c1-2-12(15)13-8-7-11(9-16-13)21-14-17-18-19-20(14)10-5-3-4-6-10/h7-10,12H,2-6,15H2,1H3/t12-/m1/s1. The highest BCUT2D eigenvalue weighted by molar-refractivity contribution is 7.99. The van der Waals surface area contributed by atoms with Gasteiger partial charge in [-0.15, -0.1) is 5.10 Å². The number of hydrogen-bond acceptors (Lipinski definition) is 6. The molecule has 0 aliphatic heterocycles. The predicted octanol–water partition coefficient (Wildman–Crippen LogP) is 2.74. The van der Waals surface area contributed by atoms with Crippen molar-refractivity contribution < 1.29 is 0 Å². The van der Waals surface area contributed by atoms with Crippen LogP contribution in [0.1, 0.15) is 56.8 Å². The minimum Gasteiger partial charge on any atom is -0.323 e. The van der Waals surface area contributed by atoms with E-state index in [1.807, 2.05) is 23.0 Å². The number of nitrogens with two attached hydrogens (primary N) is 1. The first-order valence-corrected chi connectivity index (χ1v) is 8.27. The molecule has 0 radical (unpaired) electrons. The van der Waals surface area contributed by atoms with E-state index in [0.29, 0.717) is 6.04 Å². The summed E-state index contributed by atoms with van der Waals surface area (Å²) in [5.41, 5.74) is 6.91. The zero-order chi connectivity index (χ0) is 14.7. The summed E-state index contributed by atoms with van der Waals surface area (Å²) in [5, 5.41) is 13.0. The summed E-state index contributed by atoms with van der Waals surface area (Å²) in [6.07, 6.45) is 7.60. The van der Waals surface area contributed by atoms with Crippen molar-refractivity contribution in [2.24, 2.45) is 5.73 Å². The second-order valence-electron chi connectivity index (χ2n) is 5.38. The lowest BCUT2D eigenvalue weighted by atomic mass is 10.1. The van der Waals surface area contributed by atoms with Crippen LogP contribution in [0.4, 0.5) is 0 Å². The van der Waals surface area contributed by atoms with Crippen molar-refractivity contribution >= 4 is 11.8 Å². The van der Waals surface area contributed by atoms with Crippen molar-refractivity contribution in [2.75, 3.05) is 0 Å². The number of rotatable bonds is 5. The van der Waals surface area contributed by atoms with Crippen molar-refractivity contribution in [1.82, 2.24) is 25.2 Å². The predicted molar refractivity (Wildman–Crippen MR) is 80.9 cm³/mol. The molecule has 0 unspecified atom stereocenters. The maximum atomic E-state index is 5.98. The third-order valence-corrected chi connectivity index (χ3v) is 4.85. The Bertz CT molecular complexity index is 575. The quantitative estimate of drug-likeness (QED) is 0.914. The summed E-state index contributed by atoms with van der Waals surface area (Å²) < 4.78 is 1.96. The van der Waals surface area contributed by atoms with Gasteiger partial charge < -0.3 is 5.73 Å². The fraction of sp³-hybridized carbons (Fsp3) is 0.571. The summed E-state index contributed by atoms with van der Waals surface area (Å²) in [4.78, 5) is 5.47. The van der Waals surface area contributed by atoms with Crippen LogP contribution in [0, 0.1) is 0 Å². The van der Waals surface area contributed by atoms with Crippen LogP contribution < -0.4 is 5.73 Å². The molecule has 0 bridgehead atoms. The second kappa shape index (κ2) is 6.53. The summed E-state index contributed by atoms with van der Waals surface area (Å²) >= 11 is 1.56. The molecule has 7 heteroatoms. The molecule has 1 aliphatic rings. The number of tetrazole rings is 1. The van der Waals surface area contributed by atoms with E-state index in [4.69, 9.17) is 5.73 Å². The van der Waals surface area contributed by atoms with E-state index in [0.717, 1.165) is 22.2 Å². The van der Waals surface area contributed by atoms with Crippen LogP contribution >= 0.6 is 11.8 Å². The van der Waals surface area contributed by atoms with Gasteiger partial charge in [-0.2, -0.15) is 0 Å². The molecule has 2 aromatic heterocycles. The number of hydrogen-bond donors (Lipinski definition) is 1. The van der Waals surface area contributed by atoms with Crippen molar-refractivity contribution in [3.63, 3.8) is 0 Å². The third-order valence-electron chi connectivity index (χ3n) is 3.92. The topological polar surface area (TPSA) is 82.5 Å². The van der Waals surface area contributed by atoms with Gasteiger partial charge in [0.1, 0.15) is 0 Å². The third kappa shape index (κ3) is 3.24. The van der Waals surface area contributed by atoms with Gasteiger partial charge in [-0.05, 0) is 53.6 Å². The molecule has 6 nitrogen and oxygen atoms in total. The highest BCUT2D eigenvalue weighted by Crippen LogP contribution is 2.33. The van der Waals surface area contributed by atoms with Gasteiger partial charge in [0.25, 0.3) is 0 Å². The van der Waals surface area contributed by atoms with Gasteiger partial charge >= 0.3 is 0 Å². The molecular formula is C14H20N6S. The van der Waals surface area contributed by atoms with Crippen LogP contribution in [-0.4, -0.2) is 25.2 Å². The van der Waals surface area contributed by atoms with Crippen LogP contribution in [0.15, 0.2) is 28.4 Å². The first-order chi connectivity index (χ1) is 10.3. The Morgan fingerprint density at radius 1 is 1.38 bits per heavy atom. The fourth-order valence-electron chi connectivity index (χ4n) is 2.62. The summed E-state index contributed by atoms with van der Waals surface area (Å²) in [5.74, 6) is 0. The van der Waals surface area contributed by atoms with Crippen molar-refractivity contribution in [3.8, 4) is 0 Å². The van der Waals surface area contributed by atoms with Crippen molar-refractivity contribution in [2.45, 2.75) is 61.2 Å². The lowest BCUT2D eigenvalue weighted by molar-refractivity contribution is 0.423. The first kappa shape index (κ1) is 14.5. The molecule has 2 N–H and O–H groups in total. The van der Waals surface area contributed by atoms with Gasteiger partial charge in [-0.1, -0.05) is 19.8 Å². The molecule has 1 atom stereocenters. The lowest BCUT2D eigenvalue weighted by Crippen LogP contribution is -2.10. The van der Waals surface area contributed by atoms with E-state index in [-0.39, 0.29) is 6.04 Å². The Hall–Kier alpha value is -1.47. The van der Waals surface area contributed by atoms with E-state index < -0.39 is 0 Å². The van der Waals surface area contributed by atoms with Crippen LogP contribution in [0.2, 0.25) is 0 Å². The lowest BCUT2D eigenvalue weighted by Gasteiger charge is -2.11. The Labute approximate surface area is 128 Å². The molecule has 21 heavy (non-hydrogen) atoms. The summed E-state index contributed by atoms with van der Waals surface area (Å²) in [6.45, 7) is 2.06. The second-order valence-corrected chi connectivity index (χ2v) is 6.42. The maximum absolute atomic E-state index is 5.98. The SMILES string of the molecule is CC[C@@H](N)c1ccc(Sc2nnnn2C2CCCC2)cn1. The highest BCUT2D eigenvalue weighted by Gasteiger charge is 2.22. The van der Waals surface area contributed by atoms with Crippen LogP contribution in [-0.2, 0) is 0 Å². The van der Waals surface area contributed by atoms with Gasteiger partial charge in [0, 0.05) is 17.1 Å². The zero-order valence-electron chi connectivity index (χ0n) is 12.1. The van der Waals surface area contributed by atoms with Gasteiger partial charge in [-0.25, -0.2) is 4.68 Å². The number of aromatic nitrogens is 5. The average molecular weight is 304 g/mol. The Morgan fingerprint density at radius 2 is 2.19 bits per heavy atom. The zero-order valence-corrected chi connectivity index (χ0v) is 13.0. The minimum atomic E-state index is 0.00728. The molecule has 0 amide bonds. The smallest absolute Gasteiger partial charge is 0.214 e. The van der Waals surface area contributed by atoms with E-state index in [9.17, 15) is 0 Å². The minimum absolute atomic E-state index is 0.00728. The number of nitrogens with zero attached hydrogens (tertiary/aromatic N) is 5. The van der Waals surface area contributed by atoms with Crippen LogP contribution in [0.25, 0.3) is 0 Å². The summed E-state index contributed by atoms with van der Waals surface area (Å²) in [7, 11) is 0. The van der Waals surface area contributed by atoms with Gasteiger partial charge in [0.15, 0.2) is 0 Å². The molecule has 2 aromatic rings. The van der Waals surface area contributed by atoms with Gasteiger partial charge in [0.05, 0.1) is 11.7 Å². The van der Waals surface area contributed by atoms with Gasteiger partial charge in [-0.3, -0.25) is 4.98 Å².